The van der Waals surface area contributed by atoms with Crippen LogP contribution in [0.3, 0.4) is 0 Å². The van der Waals surface area contributed by atoms with E-state index in [-0.39, 0.29) is 5.97 Å². The molecule has 176 valence electrons. The molecular formula is C27H40O4Si. The summed E-state index contributed by atoms with van der Waals surface area (Å²) in [5, 5.41) is 0. The molecule has 0 aliphatic carbocycles. The Bertz CT molecular complexity index is 794. The first-order valence-corrected chi connectivity index (χ1v) is 13.9. The second-order valence-corrected chi connectivity index (χ2v) is 14.7. The van der Waals surface area contributed by atoms with Gasteiger partial charge in [-0.2, -0.15) is 0 Å². The normalized spacial score (nSPS) is 12.9. The molecule has 0 amide bonds. The highest BCUT2D eigenvalue weighted by molar-refractivity contribution is 6.77. The molecule has 0 saturated carbocycles. The van der Waals surface area contributed by atoms with E-state index in [0.717, 1.165) is 16.9 Å². The molecular weight excluding hydrogens is 416 g/mol. The van der Waals surface area contributed by atoms with Gasteiger partial charge in [-0.15, -0.1) is 0 Å². The number of benzene rings is 2. The summed E-state index contributed by atoms with van der Waals surface area (Å²) >= 11 is 0. The molecule has 0 radical (unpaired) electrons. The Hall–Kier alpha value is -2.11. The number of hydrogen-bond donors (Lipinski definition) is 0. The molecule has 2 aromatic rings. The van der Waals surface area contributed by atoms with E-state index in [1.807, 2.05) is 61.5 Å². The molecule has 5 heteroatoms. The van der Waals surface area contributed by atoms with E-state index in [9.17, 15) is 4.79 Å². The lowest BCUT2D eigenvalue weighted by atomic mass is 10.1. The fourth-order valence-electron chi connectivity index (χ4n) is 4.74. The summed E-state index contributed by atoms with van der Waals surface area (Å²) in [5.74, 6) is 0.539. The molecule has 0 fully saturated rings. The third kappa shape index (κ3) is 6.69. The van der Waals surface area contributed by atoms with Crippen molar-refractivity contribution < 1.29 is 18.7 Å². The molecule has 0 saturated heterocycles. The Balaban J connectivity index is 2.16. The molecule has 0 N–H and O–H groups in total. The van der Waals surface area contributed by atoms with Crippen LogP contribution >= 0.6 is 0 Å². The molecule has 32 heavy (non-hydrogen) atoms. The van der Waals surface area contributed by atoms with Gasteiger partial charge in [0.1, 0.15) is 18.5 Å². The molecule has 4 nitrogen and oxygen atoms in total. The quantitative estimate of drug-likeness (QED) is 0.256. The molecule has 2 aromatic carbocycles. The highest BCUT2D eigenvalue weighted by atomic mass is 28.4. The van der Waals surface area contributed by atoms with E-state index in [4.69, 9.17) is 13.9 Å². The van der Waals surface area contributed by atoms with Crippen molar-refractivity contribution in [3.8, 4) is 5.75 Å². The first-order chi connectivity index (χ1) is 15.2. The minimum atomic E-state index is -2.22. The Morgan fingerprint density at radius 2 is 1.38 bits per heavy atom. The number of ether oxygens (including phenoxy) is 2. The molecule has 0 unspecified atom stereocenters. The van der Waals surface area contributed by atoms with Gasteiger partial charge in [0.2, 0.25) is 8.32 Å². The molecule has 2 rings (SSSR count). The highest BCUT2D eigenvalue weighted by Gasteiger charge is 2.47. The first kappa shape index (κ1) is 26.1. The monoisotopic (exact) mass is 456 g/mol. The summed E-state index contributed by atoms with van der Waals surface area (Å²) in [6.07, 6.45) is -0.0940. The third-order valence-electron chi connectivity index (χ3n) is 6.20. The average molecular weight is 457 g/mol. The maximum absolute atomic E-state index is 12.9. The van der Waals surface area contributed by atoms with E-state index >= 15 is 0 Å². The summed E-state index contributed by atoms with van der Waals surface area (Å²) in [6, 6.07) is 18.0. The van der Waals surface area contributed by atoms with Gasteiger partial charge in [-0.25, -0.2) is 4.79 Å². The zero-order valence-corrected chi connectivity index (χ0v) is 21.8. The van der Waals surface area contributed by atoms with Crippen LogP contribution in [0.15, 0.2) is 54.6 Å². The summed E-state index contributed by atoms with van der Waals surface area (Å²) in [4.78, 5) is 12.9. The van der Waals surface area contributed by atoms with E-state index < -0.39 is 14.4 Å². The van der Waals surface area contributed by atoms with E-state index in [2.05, 4.69) is 41.5 Å². The summed E-state index contributed by atoms with van der Waals surface area (Å²) in [5.41, 5.74) is 3.36. The zero-order chi connectivity index (χ0) is 23.7. The molecule has 0 aliphatic heterocycles. The number of rotatable bonds is 12. The van der Waals surface area contributed by atoms with Crippen LogP contribution in [0.25, 0.3) is 0 Å². The van der Waals surface area contributed by atoms with E-state index in [1.54, 1.807) is 0 Å². The van der Waals surface area contributed by atoms with Gasteiger partial charge >= 0.3 is 5.97 Å². The second-order valence-electron chi connectivity index (χ2n) is 9.30. The molecule has 0 spiro atoms. The largest absolute Gasteiger partial charge is 0.489 e. The van der Waals surface area contributed by atoms with Gasteiger partial charge in [-0.1, -0.05) is 84.0 Å². The van der Waals surface area contributed by atoms with Crippen molar-refractivity contribution in [3.63, 3.8) is 0 Å². The lowest BCUT2D eigenvalue weighted by Gasteiger charge is -2.44. The Labute approximate surface area is 195 Å². The number of carbonyl (C=O) groups excluding carboxylic acids is 1. The van der Waals surface area contributed by atoms with Crippen LogP contribution in [0.5, 0.6) is 5.75 Å². The molecule has 0 aromatic heterocycles. The summed E-state index contributed by atoms with van der Waals surface area (Å²) in [7, 11) is -2.22. The molecule has 0 heterocycles. The lowest BCUT2D eigenvalue weighted by Crippen LogP contribution is -2.52. The summed E-state index contributed by atoms with van der Waals surface area (Å²) < 4.78 is 18.1. The van der Waals surface area contributed by atoms with Gasteiger partial charge in [0.25, 0.3) is 0 Å². The van der Waals surface area contributed by atoms with Crippen LogP contribution in [0.4, 0.5) is 0 Å². The van der Waals surface area contributed by atoms with Crippen LogP contribution in [-0.2, 0) is 27.0 Å². The van der Waals surface area contributed by atoms with Gasteiger partial charge in [0.15, 0.2) is 0 Å². The van der Waals surface area contributed by atoms with Crippen molar-refractivity contribution in [2.45, 2.75) is 84.2 Å². The average Bonchev–Trinajstić information content (AvgIpc) is 2.76. The number of carbonyl (C=O) groups is 1. The second kappa shape index (κ2) is 12.2. The van der Waals surface area contributed by atoms with Crippen LogP contribution in [0, 0.1) is 0 Å². The molecule has 0 bridgehead atoms. The SMILES string of the molecule is CCOC(=O)[C@@H](Cc1ccc(OCc2ccccc2)cc1)O[Si](C(C)C)(C(C)C)C(C)C. The lowest BCUT2D eigenvalue weighted by molar-refractivity contribution is -0.152. The van der Waals surface area contributed by atoms with Crippen molar-refractivity contribution in [2.24, 2.45) is 0 Å². The maximum Gasteiger partial charge on any atom is 0.334 e. The topological polar surface area (TPSA) is 44.8 Å². The summed E-state index contributed by atoms with van der Waals surface area (Å²) in [6.45, 7) is 16.1. The smallest absolute Gasteiger partial charge is 0.334 e. The van der Waals surface area contributed by atoms with E-state index in [0.29, 0.717) is 36.3 Å². The zero-order valence-electron chi connectivity index (χ0n) is 20.8. The van der Waals surface area contributed by atoms with Crippen molar-refractivity contribution in [1.82, 2.24) is 0 Å². The van der Waals surface area contributed by atoms with Crippen molar-refractivity contribution in [2.75, 3.05) is 6.61 Å². The van der Waals surface area contributed by atoms with Crippen molar-refractivity contribution >= 4 is 14.3 Å². The van der Waals surface area contributed by atoms with Crippen molar-refractivity contribution in [1.29, 1.82) is 0 Å². The van der Waals surface area contributed by atoms with Gasteiger partial charge in [0.05, 0.1) is 6.61 Å². The fourth-order valence-corrected chi connectivity index (χ4v) is 10.2. The highest BCUT2D eigenvalue weighted by Crippen LogP contribution is 2.43. The maximum atomic E-state index is 12.9. The van der Waals surface area contributed by atoms with Crippen LogP contribution in [0.2, 0.25) is 16.6 Å². The first-order valence-electron chi connectivity index (χ1n) is 11.8. The van der Waals surface area contributed by atoms with Crippen LogP contribution in [0.1, 0.15) is 59.6 Å². The molecule has 1 atom stereocenters. The predicted octanol–water partition coefficient (Wildman–Crippen LogP) is 6.93. The predicted molar refractivity (Wildman–Crippen MR) is 133 cm³/mol. The fraction of sp³-hybridized carbons (Fsp3) is 0.519. The van der Waals surface area contributed by atoms with Gasteiger partial charge < -0.3 is 13.9 Å². The molecule has 0 aliphatic rings. The Kier molecular flexibility index (Phi) is 9.98. The Morgan fingerprint density at radius 3 is 1.88 bits per heavy atom. The van der Waals surface area contributed by atoms with Crippen molar-refractivity contribution in [3.05, 3.63) is 65.7 Å². The van der Waals surface area contributed by atoms with Gasteiger partial charge in [-0.3, -0.25) is 0 Å². The van der Waals surface area contributed by atoms with Crippen LogP contribution in [-0.4, -0.2) is 27.0 Å². The van der Waals surface area contributed by atoms with Gasteiger partial charge in [0, 0.05) is 6.42 Å². The van der Waals surface area contributed by atoms with Gasteiger partial charge in [-0.05, 0) is 46.8 Å². The minimum absolute atomic E-state index is 0.268. The standard InChI is InChI=1S/C27H40O4Si/c1-8-29-27(28)26(31-32(20(2)3,21(4)5)22(6)7)18-23-14-16-25(17-15-23)30-19-24-12-10-9-11-13-24/h9-17,20-22,26H,8,18-19H2,1-7H3/t26-/m1/s1. The number of esters is 1. The Morgan fingerprint density at radius 1 is 0.812 bits per heavy atom. The van der Waals surface area contributed by atoms with E-state index in [1.165, 1.54) is 0 Å². The third-order valence-corrected chi connectivity index (χ3v) is 12.3. The number of hydrogen-bond acceptors (Lipinski definition) is 4. The minimum Gasteiger partial charge on any atom is -0.489 e. The van der Waals surface area contributed by atoms with Crippen LogP contribution < -0.4 is 4.74 Å².